The van der Waals surface area contributed by atoms with Crippen molar-refractivity contribution in [2.45, 2.75) is 98.3 Å². The summed E-state index contributed by atoms with van der Waals surface area (Å²) in [5.74, 6) is 1.56. The van der Waals surface area contributed by atoms with Gasteiger partial charge in [-0.1, -0.05) is 97.0 Å². The molecule has 55 heavy (non-hydrogen) atoms. The van der Waals surface area contributed by atoms with Gasteiger partial charge in [-0.3, -0.25) is 14.5 Å². The summed E-state index contributed by atoms with van der Waals surface area (Å²) < 4.78 is 4.76. The molecule has 294 valence electrons. The second kappa shape index (κ2) is 16.8. The van der Waals surface area contributed by atoms with Gasteiger partial charge < -0.3 is 29.8 Å². The summed E-state index contributed by atoms with van der Waals surface area (Å²) in [7, 11) is 1.30. The van der Waals surface area contributed by atoms with Crippen LogP contribution in [-0.2, 0) is 14.3 Å². The van der Waals surface area contributed by atoms with Gasteiger partial charge in [0.25, 0.3) is 0 Å². The van der Waals surface area contributed by atoms with Crippen LogP contribution in [0, 0.1) is 11.3 Å². The van der Waals surface area contributed by atoms with Crippen molar-refractivity contribution >= 4 is 17.9 Å². The zero-order valence-electron chi connectivity index (χ0n) is 33.7. The Labute approximate surface area is 325 Å². The molecule has 3 N–H and O–H groups in total. The summed E-state index contributed by atoms with van der Waals surface area (Å²) in [6.07, 6.45) is 6.61. The highest BCUT2D eigenvalue weighted by molar-refractivity contribution is 5.86. The van der Waals surface area contributed by atoms with Gasteiger partial charge in [0.05, 0.1) is 49.0 Å². The molecule has 0 bridgehead atoms. The Morgan fingerprint density at radius 2 is 1.22 bits per heavy atom. The molecule has 0 unspecified atom stereocenters. The lowest BCUT2D eigenvalue weighted by atomic mass is 9.84. The van der Waals surface area contributed by atoms with Crippen molar-refractivity contribution in [3.05, 3.63) is 72.6 Å². The van der Waals surface area contributed by atoms with Gasteiger partial charge in [-0.15, -0.1) is 0 Å². The molecule has 4 heterocycles. The van der Waals surface area contributed by atoms with Crippen LogP contribution in [0.15, 0.2) is 60.9 Å². The number of rotatable bonds is 12. The Morgan fingerprint density at radius 1 is 0.782 bits per heavy atom. The van der Waals surface area contributed by atoms with E-state index in [1.54, 1.807) is 0 Å². The number of aromatic amines is 2. The summed E-state index contributed by atoms with van der Waals surface area (Å²) in [5.41, 5.74) is 5.85. The number of amides is 3. The van der Waals surface area contributed by atoms with E-state index in [4.69, 9.17) is 9.72 Å². The Bertz CT molecular complexity index is 1920. The number of aromatic nitrogens is 4. The van der Waals surface area contributed by atoms with Gasteiger partial charge in [0.15, 0.2) is 0 Å². The quantitative estimate of drug-likeness (QED) is 0.136. The van der Waals surface area contributed by atoms with E-state index in [0.29, 0.717) is 6.54 Å². The van der Waals surface area contributed by atoms with Gasteiger partial charge in [0.1, 0.15) is 17.7 Å². The van der Waals surface area contributed by atoms with Gasteiger partial charge in [-0.25, -0.2) is 14.8 Å². The minimum atomic E-state index is -0.676. The predicted octanol–water partition coefficient (Wildman–Crippen LogP) is 7.60. The van der Waals surface area contributed by atoms with Gasteiger partial charge >= 0.3 is 6.09 Å². The average molecular weight is 751 g/mol. The molecule has 0 spiro atoms. The maximum absolute atomic E-state index is 14.1. The highest BCUT2D eigenvalue weighted by atomic mass is 16.5. The lowest BCUT2D eigenvalue weighted by Crippen LogP contribution is -2.54. The molecule has 4 aromatic rings. The van der Waals surface area contributed by atoms with Crippen molar-refractivity contribution in [3.63, 3.8) is 0 Å². The Kier molecular flexibility index (Phi) is 12.1. The number of nitrogens with one attached hydrogen (secondary N) is 3. The fourth-order valence-electron chi connectivity index (χ4n) is 8.32. The van der Waals surface area contributed by atoms with Gasteiger partial charge in [0, 0.05) is 13.1 Å². The lowest BCUT2D eigenvalue weighted by Gasteiger charge is -2.41. The van der Waals surface area contributed by atoms with E-state index in [2.05, 4.69) is 108 Å². The number of likely N-dealkylation sites (N-methyl/N-ethyl adjacent to an activating group) is 1. The number of imidazole rings is 2. The number of hydrogen-bond donors (Lipinski definition) is 3. The Balaban J connectivity index is 1.12. The molecule has 4 atom stereocenters. The summed E-state index contributed by atoms with van der Waals surface area (Å²) in [6, 6.07) is 15.7. The first-order valence-electron chi connectivity index (χ1n) is 19.8. The molecule has 2 fully saturated rings. The molecule has 2 aliphatic heterocycles. The van der Waals surface area contributed by atoms with E-state index in [9.17, 15) is 14.4 Å². The van der Waals surface area contributed by atoms with Crippen LogP contribution in [0.1, 0.15) is 97.9 Å². The molecule has 2 aromatic heterocycles. The number of hydrogen-bond acceptors (Lipinski definition) is 7. The highest BCUT2D eigenvalue weighted by Crippen LogP contribution is 2.37. The average Bonchev–Trinajstić information content (AvgIpc) is 4.01. The normalized spacial score (nSPS) is 18.6. The third-order valence-corrected chi connectivity index (χ3v) is 11.2. The molecular formula is C43H58N8O4. The molecule has 0 radical (unpaired) electrons. The van der Waals surface area contributed by atoms with E-state index in [1.807, 2.05) is 36.0 Å². The molecular weight excluding hydrogens is 693 g/mol. The molecule has 2 aromatic carbocycles. The molecule has 2 aliphatic rings. The van der Waals surface area contributed by atoms with Gasteiger partial charge in [0.2, 0.25) is 11.8 Å². The number of alkyl carbamates (subject to hydrolysis) is 1. The molecule has 6 rings (SSSR count). The summed E-state index contributed by atoms with van der Waals surface area (Å²) in [6.45, 7) is 17.6. The van der Waals surface area contributed by atoms with Crippen molar-refractivity contribution < 1.29 is 19.1 Å². The summed E-state index contributed by atoms with van der Waals surface area (Å²) >= 11 is 0. The summed E-state index contributed by atoms with van der Waals surface area (Å²) in [5, 5.41) is 2.70. The first kappa shape index (κ1) is 39.7. The number of carbonyl (C=O) groups is 3. The molecule has 2 saturated heterocycles. The highest BCUT2D eigenvalue weighted by Gasteiger charge is 2.42. The van der Waals surface area contributed by atoms with Gasteiger partial charge in [-0.2, -0.15) is 0 Å². The first-order chi connectivity index (χ1) is 26.3. The molecule has 0 saturated carbocycles. The third-order valence-electron chi connectivity index (χ3n) is 11.2. The van der Waals surface area contributed by atoms with Crippen molar-refractivity contribution in [1.29, 1.82) is 0 Å². The SMILES string of the molecule is CCN(CC)[C@@H](C(=O)N1CCC[C@H]1c1ncc(-c2ccc(-c3ccc(-c4cnc([C@@H]5CCCN5C(=O)[C@@H](NC(=O)OC)C(C)C)[nH]4)cc3)cc2)[nH]1)C(C)(C)C. The second-order valence-electron chi connectivity index (χ2n) is 16.2. The van der Waals surface area contributed by atoms with Crippen LogP contribution in [0.4, 0.5) is 4.79 Å². The molecule has 12 heteroatoms. The monoisotopic (exact) mass is 750 g/mol. The van der Waals surface area contributed by atoms with Crippen LogP contribution in [0.25, 0.3) is 33.6 Å². The number of likely N-dealkylation sites (tertiary alicyclic amines) is 2. The minimum Gasteiger partial charge on any atom is -0.453 e. The molecule has 12 nitrogen and oxygen atoms in total. The number of H-pyrrole nitrogens is 2. The van der Waals surface area contributed by atoms with E-state index >= 15 is 0 Å². The zero-order chi connectivity index (χ0) is 39.4. The molecule has 0 aliphatic carbocycles. The van der Waals surface area contributed by atoms with Crippen LogP contribution in [0.3, 0.4) is 0 Å². The zero-order valence-corrected chi connectivity index (χ0v) is 33.7. The number of nitrogens with zero attached hydrogens (tertiary/aromatic N) is 5. The van der Waals surface area contributed by atoms with Crippen LogP contribution < -0.4 is 5.32 Å². The maximum Gasteiger partial charge on any atom is 0.407 e. The van der Waals surface area contributed by atoms with E-state index in [1.165, 1.54) is 7.11 Å². The van der Waals surface area contributed by atoms with E-state index in [-0.39, 0.29) is 41.3 Å². The number of carbonyl (C=O) groups excluding carboxylic acids is 3. The van der Waals surface area contributed by atoms with E-state index < -0.39 is 12.1 Å². The lowest BCUT2D eigenvalue weighted by molar-refractivity contribution is -0.142. The van der Waals surface area contributed by atoms with Crippen LogP contribution in [0.2, 0.25) is 0 Å². The number of methoxy groups -OCH3 is 1. The standard InChI is InChI=1S/C43H58N8O4/c1-9-49(10-2)37(43(5,6)7)41(53)51-24-12-14-35(51)39-45-26-33(47-39)31-21-17-29(18-22-31)28-15-19-30(20-16-28)32-25-44-38(46-32)34-13-11-23-50(34)40(52)36(27(3)4)48-42(54)55-8/h15-22,25-27,34-37H,9-14,23-24H2,1-8H3,(H,44,46)(H,45,47)(H,48,54)/t34-,35-,36-,37-/m0/s1. The van der Waals surface area contributed by atoms with Crippen LogP contribution in [-0.4, -0.2) is 97.9 Å². The Hall–Kier alpha value is -4.97. The fourth-order valence-corrected chi connectivity index (χ4v) is 8.32. The van der Waals surface area contributed by atoms with Crippen molar-refractivity contribution in [2.24, 2.45) is 11.3 Å². The van der Waals surface area contributed by atoms with Crippen molar-refractivity contribution in [2.75, 3.05) is 33.3 Å². The topological polar surface area (TPSA) is 140 Å². The largest absolute Gasteiger partial charge is 0.453 e. The summed E-state index contributed by atoms with van der Waals surface area (Å²) in [4.78, 5) is 62.2. The second-order valence-corrected chi connectivity index (χ2v) is 16.2. The maximum atomic E-state index is 14.1. The van der Waals surface area contributed by atoms with Gasteiger partial charge in [-0.05, 0) is 72.4 Å². The number of ether oxygens (including phenoxy) is 1. The van der Waals surface area contributed by atoms with Crippen LogP contribution >= 0.6 is 0 Å². The third kappa shape index (κ3) is 8.49. The fraction of sp³-hybridized carbons (Fsp3) is 0.512. The molecule has 3 amide bonds. The smallest absolute Gasteiger partial charge is 0.407 e. The van der Waals surface area contributed by atoms with Crippen molar-refractivity contribution in [3.8, 4) is 33.6 Å². The number of benzene rings is 2. The minimum absolute atomic E-state index is 0.0578. The van der Waals surface area contributed by atoms with Crippen LogP contribution in [0.5, 0.6) is 0 Å². The first-order valence-corrected chi connectivity index (χ1v) is 19.8. The van der Waals surface area contributed by atoms with E-state index in [0.717, 1.165) is 90.6 Å². The van der Waals surface area contributed by atoms with Crippen molar-refractivity contribution in [1.82, 2.24) is 40.0 Å². The predicted molar refractivity (Wildman–Crippen MR) is 215 cm³/mol. The Morgan fingerprint density at radius 3 is 1.62 bits per heavy atom.